The van der Waals surface area contributed by atoms with Crippen LogP contribution in [0.4, 0.5) is 5.13 Å². The summed E-state index contributed by atoms with van der Waals surface area (Å²) in [5.74, 6) is 0.394. The molecule has 1 amide bonds. The number of hydrogen-bond acceptors (Lipinski definition) is 3. The second kappa shape index (κ2) is 3.46. The van der Waals surface area contributed by atoms with Crippen molar-refractivity contribution in [2.45, 2.75) is 26.2 Å². The van der Waals surface area contributed by atoms with Gasteiger partial charge in [-0.05, 0) is 19.3 Å². The summed E-state index contributed by atoms with van der Waals surface area (Å²) < 4.78 is 0. The van der Waals surface area contributed by atoms with E-state index in [-0.39, 0.29) is 11.8 Å². The van der Waals surface area contributed by atoms with E-state index in [9.17, 15) is 4.79 Å². The van der Waals surface area contributed by atoms with Crippen molar-refractivity contribution >= 4 is 22.4 Å². The number of nitrogens with zero attached hydrogens (tertiary/aromatic N) is 1. The summed E-state index contributed by atoms with van der Waals surface area (Å²) in [4.78, 5) is 16.7. The monoisotopic (exact) mass is 196 g/mol. The molecule has 0 unspecified atom stereocenters. The van der Waals surface area contributed by atoms with Gasteiger partial charge in [0.2, 0.25) is 5.91 Å². The zero-order valence-corrected chi connectivity index (χ0v) is 8.36. The Balaban J connectivity index is 1.96. The van der Waals surface area contributed by atoms with Crippen molar-refractivity contribution in [1.82, 2.24) is 4.98 Å². The largest absolute Gasteiger partial charge is 0.302 e. The Kier molecular flexibility index (Phi) is 2.31. The van der Waals surface area contributed by atoms with E-state index >= 15 is 0 Å². The number of anilines is 1. The van der Waals surface area contributed by atoms with Gasteiger partial charge in [0.1, 0.15) is 0 Å². The molecule has 4 heteroatoms. The summed E-state index contributed by atoms with van der Waals surface area (Å²) in [5.41, 5.74) is 0. The summed E-state index contributed by atoms with van der Waals surface area (Å²) in [5, 5.41) is 3.57. The van der Waals surface area contributed by atoms with E-state index in [0.717, 1.165) is 24.4 Å². The van der Waals surface area contributed by atoms with Crippen LogP contribution in [-0.4, -0.2) is 10.9 Å². The lowest BCUT2D eigenvalue weighted by Crippen LogP contribution is -2.12. The number of nitrogens with one attached hydrogen (secondary N) is 1. The van der Waals surface area contributed by atoms with Gasteiger partial charge >= 0.3 is 0 Å². The standard InChI is InChI=1S/C9H12N2OS/c1-2-7-5-10-9(13-7)11-8(12)6-3-4-6/h5-6H,2-4H2,1H3,(H,10,11,12). The third kappa shape index (κ3) is 2.06. The van der Waals surface area contributed by atoms with E-state index in [2.05, 4.69) is 17.2 Å². The van der Waals surface area contributed by atoms with E-state index in [4.69, 9.17) is 0 Å². The number of aromatic nitrogens is 1. The molecule has 1 saturated carbocycles. The minimum atomic E-state index is 0.136. The quantitative estimate of drug-likeness (QED) is 0.804. The molecule has 1 fully saturated rings. The average molecular weight is 196 g/mol. The predicted molar refractivity (Wildman–Crippen MR) is 52.8 cm³/mol. The molecule has 1 heterocycles. The van der Waals surface area contributed by atoms with Crippen molar-refractivity contribution in [3.05, 3.63) is 11.1 Å². The van der Waals surface area contributed by atoms with Crippen LogP contribution in [0.2, 0.25) is 0 Å². The van der Waals surface area contributed by atoms with E-state index in [1.807, 2.05) is 6.20 Å². The van der Waals surface area contributed by atoms with Crippen molar-refractivity contribution in [2.75, 3.05) is 5.32 Å². The molecule has 0 bridgehead atoms. The molecule has 0 atom stereocenters. The SMILES string of the molecule is CCc1cnc(NC(=O)C2CC2)s1. The maximum absolute atomic E-state index is 11.3. The molecule has 0 radical (unpaired) electrons. The number of thiazole rings is 1. The van der Waals surface area contributed by atoms with Crippen LogP contribution < -0.4 is 5.32 Å². The summed E-state index contributed by atoms with van der Waals surface area (Å²) in [7, 11) is 0. The van der Waals surface area contributed by atoms with Crippen LogP contribution in [0.1, 0.15) is 24.6 Å². The first-order chi connectivity index (χ1) is 6.29. The summed E-state index contributed by atoms with van der Waals surface area (Å²) in [6.07, 6.45) is 4.89. The van der Waals surface area contributed by atoms with Gasteiger partial charge < -0.3 is 5.32 Å². The number of amides is 1. The van der Waals surface area contributed by atoms with Gasteiger partial charge in [0, 0.05) is 17.0 Å². The first-order valence-electron chi connectivity index (χ1n) is 4.55. The highest BCUT2D eigenvalue weighted by molar-refractivity contribution is 7.15. The first-order valence-corrected chi connectivity index (χ1v) is 5.37. The van der Waals surface area contributed by atoms with Crippen molar-refractivity contribution in [3.63, 3.8) is 0 Å². The van der Waals surface area contributed by atoms with E-state index in [1.165, 1.54) is 4.88 Å². The average Bonchev–Trinajstić information content (AvgIpc) is 2.88. The fourth-order valence-corrected chi connectivity index (χ4v) is 1.84. The molecule has 1 aromatic heterocycles. The molecule has 0 saturated heterocycles. The van der Waals surface area contributed by atoms with Crippen molar-refractivity contribution in [2.24, 2.45) is 5.92 Å². The third-order valence-corrected chi connectivity index (χ3v) is 3.14. The molecule has 2 rings (SSSR count). The van der Waals surface area contributed by atoms with Crippen molar-refractivity contribution < 1.29 is 4.79 Å². The molecule has 0 aliphatic heterocycles. The number of hydrogen-bond donors (Lipinski definition) is 1. The van der Waals surface area contributed by atoms with Crippen LogP contribution in [0, 0.1) is 5.92 Å². The van der Waals surface area contributed by atoms with E-state index in [0.29, 0.717) is 0 Å². The molecule has 0 spiro atoms. The lowest BCUT2D eigenvalue weighted by molar-refractivity contribution is -0.117. The normalized spacial score (nSPS) is 15.8. The molecule has 0 aromatic carbocycles. The fraction of sp³-hybridized carbons (Fsp3) is 0.556. The molecule has 13 heavy (non-hydrogen) atoms. The van der Waals surface area contributed by atoms with Crippen molar-refractivity contribution in [1.29, 1.82) is 0 Å². The van der Waals surface area contributed by atoms with Gasteiger partial charge in [-0.25, -0.2) is 4.98 Å². The summed E-state index contributed by atoms with van der Waals surface area (Å²) >= 11 is 1.56. The molecule has 1 aliphatic rings. The Labute approximate surface area is 81.2 Å². The Morgan fingerprint density at radius 2 is 2.54 bits per heavy atom. The van der Waals surface area contributed by atoms with Crippen LogP contribution in [-0.2, 0) is 11.2 Å². The Morgan fingerprint density at radius 1 is 1.77 bits per heavy atom. The Hall–Kier alpha value is -0.900. The highest BCUT2D eigenvalue weighted by Gasteiger charge is 2.29. The van der Waals surface area contributed by atoms with Crippen LogP contribution >= 0.6 is 11.3 Å². The van der Waals surface area contributed by atoms with Crippen LogP contribution in [0.3, 0.4) is 0 Å². The molecule has 1 N–H and O–H groups in total. The zero-order chi connectivity index (χ0) is 9.26. The molecule has 1 aliphatic carbocycles. The number of aryl methyl sites for hydroxylation is 1. The van der Waals surface area contributed by atoms with Gasteiger partial charge in [0.25, 0.3) is 0 Å². The fourth-order valence-electron chi connectivity index (χ4n) is 1.08. The number of carbonyl (C=O) groups is 1. The third-order valence-electron chi connectivity index (χ3n) is 2.08. The Morgan fingerprint density at radius 3 is 3.08 bits per heavy atom. The van der Waals surface area contributed by atoms with Gasteiger partial charge in [-0.15, -0.1) is 11.3 Å². The van der Waals surface area contributed by atoms with Gasteiger partial charge in [0.05, 0.1) is 0 Å². The maximum atomic E-state index is 11.3. The molecule has 1 aromatic rings. The van der Waals surface area contributed by atoms with Crippen LogP contribution in [0.15, 0.2) is 6.20 Å². The maximum Gasteiger partial charge on any atom is 0.229 e. The van der Waals surface area contributed by atoms with E-state index in [1.54, 1.807) is 11.3 Å². The van der Waals surface area contributed by atoms with Crippen LogP contribution in [0.5, 0.6) is 0 Å². The second-order valence-corrected chi connectivity index (χ2v) is 4.36. The topological polar surface area (TPSA) is 42.0 Å². The van der Waals surface area contributed by atoms with Crippen LogP contribution in [0.25, 0.3) is 0 Å². The first kappa shape index (κ1) is 8.69. The van der Waals surface area contributed by atoms with Gasteiger partial charge in [0.15, 0.2) is 5.13 Å². The second-order valence-electron chi connectivity index (χ2n) is 3.25. The Bertz CT molecular complexity index is 317. The highest BCUT2D eigenvalue weighted by Crippen LogP contribution is 2.30. The van der Waals surface area contributed by atoms with Crippen molar-refractivity contribution in [3.8, 4) is 0 Å². The minimum Gasteiger partial charge on any atom is -0.302 e. The zero-order valence-electron chi connectivity index (χ0n) is 7.54. The minimum absolute atomic E-state index is 0.136. The lowest BCUT2D eigenvalue weighted by atomic mass is 10.4. The van der Waals surface area contributed by atoms with E-state index < -0.39 is 0 Å². The molecule has 70 valence electrons. The smallest absolute Gasteiger partial charge is 0.229 e. The number of rotatable bonds is 3. The summed E-state index contributed by atoms with van der Waals surface area (Å²) in [6.45, 7) is 2.08. The predicted octanol–water partition coefficient (Wildman–Crippen LogP) is 2.05. The van der Waals surface area contributed by atoms with Gasteiger partial charge in [-0.1, -0.05) is 6.92 Å². The lowest BCUT2D eigenvalue weighted by Gasteiger charge is -1.96. The van der Waals surface area contributed by atoms with Gasteiger partial charge in [-0.2, -0.15) is 0 Å². The molecular formula is C9H12N2OS. The molecule has 3 nitrogen and oxygen atoms in total. The highest BCUT2D eigenvalue weighted by atomic mass is 32.1. The summed E-state index contributed by atoms with van der Waals surface area (Å²) in [6, 6.07) is 0. The molecular weight excluding hydrogens is 184 g/mol. The number of carbonyl (C=O) groups excluding carboxylic acids is 1. The van der Waals surface area contributed by atoms with Gasteiger partial charge in [-0.3, -0.25) is 4.79 Å².